The topological polar surface area (TPSA) is 58.2 Å². The van der Waals surface area contributed by atoms with Crippen molar-refractivity contribution >= 4 is 35.0 Å². The summed E-state index contributed by atoms with van der Waals surface area (Å²) in [6.45, 7) is 0. The molecule has 0 radical (unpaired) electrons. The highest BCUT2D eigenvalue weighted by Gasteiger charge is 2.22. The second-order valence-corrected chi connectivity index (χ2v) is 7.44. The molecule has 2 amide bonds. The molecule has 1 aliphatic carbocycles. The zero-order valence-corrected chi connectivity index (χ0v) is 15.8. The second-order valence-electron chi connectivity index (χ2n) is 6.56. The molecule has 1 fully saturated rings. The van der Waals surface area contributed by atoms with Gasteiger partial charge in [-0.2, -0.15) is 0 Å². The monoisotopic (exact) mass is 368 g/mol. The number of thioether (sulfide) groups is 1. The maximum Gasteiger partial charge on any atom is 0.257 e. The number of carbonyl (C=O) groups is 2. The molecule has 2 aromatic rings. The van der Waals surface area contributed by atoms with E-state index < -0.39 is 0 Å². The standard InChI is InChI=1S/C21H24N2O2S/c1-26-17-11-7-10-16(14-17)22-21(25)18-12-5-6-13-19(18)23-20(24)15-8-3-2-4-9-15/h5-7,10-15H,2-4,8-9H2,1H3,(H,22,25)(H,23,24). The largest absolute Gasteiger partial charge is 0.325 e. The summed E-state index contributed by atoms with van der Waals surface area (Å²) in [4.78, 5) is 26.3. The van der Waals surface area contributed by atoms with E-state index in [1.165, 1.54) is 6.42 Å². The molecule has 1 saturated carbocycles. The summed E-state index contributed by atoms with van der Waals surface area (Å²) in [5.74, 6) is -0.143. The van der Waals surface area contributed by atoms with E-state index in [2.05, 4.69) is 10.6 Å². The molecule has 0 aliphatic heterocycles. The molecular formula is C21H24N2O2S. The van der Waals surface area contributed by atoms with Gasteiger partial charge in [0.2, 0.25) is 5.91 Å². The second kappa shape index (κ2) is 8.90. The number of hydrogen-bond donors (Lipinski definition) is 2. The third-order valence-electron chi connectivity index (χ3n) is 4.73. The molecule has 0 bridgehead atoms. The zero-order chi connectivity index (χ0) is 18.4. The fourth-order valence-corrected chi connectivity index (χ4v) is 3.75. The van der Waals surface area contributed by atoms with Crippen molar-refractivity contribution in [3.63, 3.8) is 0 Å². The minimum atomic E-state index is -0.220. The van der Waals surface area contributed by atoms with Crippen molar-refractivity contribution in [3.8, 4) is 0 Å². The van der Waals surface area contributed by atoms with Crippen molar-refractivity contribution in [2.45, 2.75) is 37.0 Å². The van der Waals surface area contributed by atoms with Gasteiger partial charge in [0.25, 0.3) is 5.91 Å². The molecular weight excluding hydrogens is 344 g/mol. The van der Waals surface area contributed by atoms with Crippen molar-refractivity contribution < 1.29 is 9.59 Å². The average Bonchev–Trinajstić information content (AvgIpc) is 2.69. The first-order valence-corrected chi connectivity index (χ1v) is 10.2. The smallest absolute Gasteiger partial charge is 0.257 e. The lowest BCUT2D eigenvalue weighted by molar-refractivity contribution is -0.120. The first kappa shape index (κ1) is 18.5. The third-order valence-corrected chi connectivity index (χ3v) is 5.46. The lowest BCUT2D eigenvalue weighted by Crippen LogP contribution is -2.26. The first-order chi connectivity index (χ1) is 12.7. The molecule has 0 spiro atoms. The number of amides is 2. The van der Waals surface area contributed by atoms with Crippen LogP contribution in [0.25, 0.3) is 0 Å². The molecule has 136 valence electrons. The maximum atomic E-state index is 12.7. The SMILES string of the molecule is CSc1cccc(NC(=O)c2ccccc2NC(=O)C2CCCCC2)c1. The van der Waals surface area contributed by atoms with E-state index in [0.717, 1.165) is 36.3 Å². The van der Waals surface area contributed by atoms with Crippen LogP contribution in [0.4, 0.5) is 11.4 Å². The number of hydrogen-bond acceptors (Lipinski definition) is 3. The number of para-hydroxylation sites is 1. The van der Waals surface area contributed by atoms with E-state index in [9.17, 15) is 9.59 Å². The number of benzene rings is 2. The van der Waals surface area contributed by atoms with E-state index in [4.69, 9.17) is 0 Å². The highest BCUT2D eigenvalue weighted by atomic mass is 32.2. The Morgan fingerprint density at radius 1 is 0.962 bits per heavy atom. The summed E-state index contributed by atoms with van der Waals surface area (Å²) < 4.78 is 0. The van der Waals surface area contributed by atoms with Gasteiger partial charge in [-0.3, -0.25) is 9.59 Å². The van der Waals surface area contributed by atoms with Crippen LogP contribution >= 0.6 is 11.8 Å². The molecule has 0 atom stereocenters. The lowest BCUT2D eigenvalue weighted by atomic mass is 9.88. The molecule has 26 heavy (non-hydrogen) atoms. The van der Waals surface area contributed by atoms with Gasteiger partial charge in [-0.05, 0) is 49.4 Å². The number of carbonyl (C=O) groups excluding carboxylic acids is 2. The van der Waals surface area contributed by atoms with Gasteiger partial charge in [-0.15, -0.1) is 11.8 Å². The fourth-order valence-electron chi connectivity index (χ4n) is 3.29. The summed E-state index contributed by atoms with van der Waals surface area (Å²) in [7, 11) is 0. The lowest BCUT2D eigenvalue weighted by Gasteiger charge is -2.21. The number of anilines is 2. The van der Waals surface area contributed by atoms with Crippen LogP contribution in [0.2, 0.25) is 0 Å². The van der Waals surface area contributed by atoms with E-state index in [1.54, 1.807) is 23.9 Å². The molecule has 3 rings (SSSR count). The van der Waals surface area contributed by atoms with Crippen LogP contribution in [0.5, 0.6) is 0 Å². The maximum absolute atomic E-state index is 12.7. The molecule has 5 heteroatoms. The van der Waals surface area contributed by atoms with Gasteiger partial charge in [0.1, 0.15) is 0 Å². The molecule has 0 aromatic heterocycles. The molecule has 4 nitrogen and oxygen atoms in total. The van der Waals surface area contributed by atoms with E-state index >= 15 is 0 Å². The number of rotatable bonds is 5. The van der Waals surface area contributed by atoms with Gasteiger partial charge in [-0.25, -0.2) is 0 Å². The van der Waals surface area contributed by atoms with Crippen molar-refractivity contribution in [1.82, 2.24) is 0 Å². The van der Waals surface area contributed by atoms with Crippen LogP contribution in [0.3, 0.4) is 0 Å². The van der Waals surface area contributed by atoms with E-state index in [-0.39, 0.29) is 17.7 Å². The zero-order valence-electron chi connectivity index (χ0n) is 15.0. The van der Waals surface area contributed by atoms with Crippen LogP contribution in [0.1, 0.15) is 42.5 Å². The summed E-state index contributed by atoms with van der Waals surface area (Å²) in [6, 6.07) is 14.9. The highest BCUT2D eigenvalue weighted by Crippen LogP contribution is 2.26. The van der Waals surface area contributed by atoms with Crippen molar-refractivity contribution in [2.75, 3.05) is 16.9 Å². The van der Waals surface area contributed by atoms with Gasteiger partial charge in [-0.1, -0.05) is 37.5 Å². The quantitative estimate of drug-likeness (QED) is 0.715. The van der Waals surface area contributed by atoms with Crippen molar-refractivity contribution in [2.24, 2.45) is 5.92 Å². The number of nitrogens with one attached hydrogen (secondary N) is 2. The van der Waals surface area contributed by atoms with Crippen LogP contribution in [-0.2, 0) is 4.79 Å². The molecule has 2 N–H and O–H groups in total. The Labute approximate surface area is 158 Å². The van der Waals surface area contributed by atoms with Crippen LogP contribution in [-0.4, -0.2) is 18.1 Å². The normalized spacial score (nSPS) is 14.7. The minimum Gasteiger partial charge on any atom is -0.325 e. The predicted octanol–water partition coefficient (Wildman–Crippen LogP) is 5.18. The van der Waals surface area contributed by atoms with Crippen LogP contribution < -0.4 is 10.6 Å². The average molecular weight is 369 g/mol. The summed E-state index contributed by atoms with van der Waals surface area (Å²) in [5, 5.41) is 5.89. The van der Waals surface area contributed by atoms with Gasteiger partial charge < -0.3 is 10.6 Å². The van der Waals surface area contributed by atoms with Gasteiger partial charge >= 0.3 is 0 Å². The Balaban J connectivity index is 1.73. The Morgan fingerprint density at radius 3 is 2.50 bits per heavy atom. The Morgan fingerprint density at radius 2 is 1.73 bits per heavy atom. The van der Waals surface area contributed by atoms with Crippen molar-refractivity contribution in [1.29, 1.82) is 0 Å². The summed E-state index contributed by atoms with van der Waals surface area (Å²) in [6.07, 6.45) is 7.27. The summed E-state index contributed by atoms with van der Waals surface area (Å²) >= 11 is 1.62. The van der Waals surface area contributed by atoms with Gasteiger partial charge in [0.15, 0.2) is 0 Å². The van der Waals surface area contributed by atoms with Crippen LogP contribution in [0.15, 0.2) is 53.4 Å². The minimum absolute atomic E-state index is 0.0225. The first-order valence-electron chi connectivity index (χ1n) is 9.02. The van der Waals surface area contributed by atoms with E-state index in [1.807, 2.05) is 42.7 Å². The molecule has 0 saturated heterocycles. The van der Waals surface area contributed by atoms with Crippen molar-refractivity contribution in [3.05, 3.63) is 54.1 Å². The van der Waals surface area contributed by atoms with E-state index in [0.29, 0.717) is 11.3 Å². The van der Waals surface area contributed by atoms with Gasteiger partial charge in [0, 0.05) is 16.5 Å². The van der Waals surface area contributed by atoms with Crippen LogP contribution in [0, 0.1) is 5.92 Å². The molecule has 0 heterocycles. The molecule has 1 aliphatic rings. The Kier molecular flexibility index (Phi) is 6.34. The predicted molar refractivity (Wildman–Crippen MR) is 108 cm³/mol. The highest BCUT2D eigenvalue weighted by molar-refractivity contribution is 7.98. The Bertz CT molecular complexity index is 785. The van der Waals surface area contributed by atoms with Gasteiger partial charge in [0.05, 0.1) is 11.3 Å². The Hall–Kier alpha value is -2.27. The molecule has 0 unspecified atom stereocenters. The fraction of sp³-hybridized carbons (Fsp3) is 0.333. The molecule has 2 aromatic carbocycles. The summed E-state index contributed by atoms with van der Waals surface area (Å²) in [5.41, 5.74) is 1.79. The third kappa shape index (κ3) is 4.67.